The van der Waals surface area contributed by atoms with Crippen molar-refractivity contribution in [2.75, 3.05) is 6.61 Å². The van der Waals surface area contributed by atoms with Crippen LogP contribution < -0.4 is 4.74 Å². The molecule has 1 aromatic rings. The molecule has 0 aliphatic carbocycles. The molecule has 102 valence electrons. The Kier molecular flexibility index (Phi) is 4.44. The SMILES string of the molecule is CC(C)(C)c1ccccc1OCC(O)C(C)(C)C. The Morgan fingerprint density at radius 1 is 1.06 bits per heavy atom. The number of ether oxygens (including phenoxy) is 1. The van der Waals surface area contributed by atoms with Crippen LogP contribution >= 0.6 is 0 Å². The molecular weight excluding hydrogens is 224 g/mol. The van der Waals surface area contributed by atoms with Gasteiger partial charge in [-0.1, -0.05) is 59.7 Å². The smallest absolute Gasteiger partial charge is 0.123 e. The molecule has 0 heterocycles. The van der Waals surface area contributed by atoms with E-state index in [1.807, 2.05) is 39.0 Å². The van der Waals surface area contributed by atoms with Gasteiger partial charge in [0.2, 0.25) is 0 Å². The minimum Gasteiger partial charge on any atom is -0.491 e. The van der Waals surface area contributed by atoms with Crippen LogP contribution in [0.5, 0.6) is 5.75 Å². The van der Waals surface area contributed by atoms with Gasteiger partial charge in [-0.25, -0.2) is 0 Å². The van der Waals surface area contributed by atoms with Gasteiger partial charge in [0.05, 0.1) is 6.10 Å². The molecule has 1 N–H and O–H groups in total. The lowest BCUT2D eigenvalue weighted by Crippen LogP contribution is -2.32. The molecule has 0 bridgehead atoms. The monoisotopic (exact) mass is 250 g/mol. The summed E-state index contributed by atoms with van der Waals surface area (Å²) in [7, 11) is 0. The summed E-state index contributed by atoms with van der Waals surface area (Å²) in [5, 5.41) is 10.0. The van der Waals surface area contributed by atoms with Crippen LogP contribution in [0.2, 0.25) is 0 Å². The molecule has 1 aromatic carbocycles. The fourth-order valence-corrected chi connectivity index (χ4v) is 1.63. The third-order valence-corrected chi connectivity index (χ3v) is 3.09. The first-order valence-corrected chi connectivity index (χ1v) is 6.53. The molecule has 0 aliphatic heterocycles. The normalized spacial score (nSPS) is 14.4. The molecule has 0 saturated heterocycles. The van der Waals surface area contributed by atoms with Crippen molar-refractivity contribution in [2.45, 2.75) is 53.1 Å². The number of aliphatic hydroxyl groups excluding tert-OH is 1. The third kappa shape index (κ3) is 4.02. The summed E-state index contributed by atoms with van der Waals surface area (Å²) >= 11 is 0. The predicted molar refractivity (Wildman–Crippen MR) is 76.1 cm³/mol. The number of para-hydroxylation sites is 1. The Morgan fingerprint density at radius 3 is 2.11 bits per heavy atom. The van der Waals surface area contributed by atoms with Crippen molar-refractivity contribution in [3.8, 4) is 5.75 Å². The second-order valence-corrected chi connectivity index (χ2v) is 6.94. The summed E-state index contributed by atoms with van der Waals surface area (Å²) in [6.45, 7) is 12.8. The van der Waals surface area contributed by atoms with Crippen LogP contribution in [0.1, 0.15) is 47.1 Å². The van der Waals surface area contributed by atoms with Gasteiger partial charge in [0, 0.05) is 0 Å². The molecule has 0 fully saturated rings. The molecule has 1 atom stereocenters. The molecule has 2 heteroatoms. The molecule has 2 nitrogen and oxygen atoms in total. The average Bonchev–Trinajstić information content (AvgIpc) is 2.23. The van der Waals surface area contributed by atoms with Crippen LogP contribution in [-0.4, -0.2) is 17.8 Å². The zero-order chi connectivity index (χ0) is 14.0. The minimum absolute atomic E-state index is 0.0449. The molecule has 0 amide bonds. The van der Waals surface area contributed by atoms with Gasteiger partial charge in [-0.2, -0.15) is 0 Å². The molecule has 0 saturated carbocycles. The maximum absolute atomic E-state index is 10.0. The highest BCUT2D eigenvalue weighted by molar-refractivity contribution is 5.38. The first-order valence-electron chi connectivity index (χ1n) is 6.53. The first kappa shape index (κ1) is 15.0. The Morgan fingerprint density at radius 2 is 1.61 bits per heavy atom. The van der Waals surface area contributed by atoms with E-state index in [1.165, 1.54) is 5.56 Å². The molecule has 1 rings (SSSR count). The molecule has 1 unspecified atom stereocenters. The molecule has 0 spiro atoms. The molecule has 18 heavy (non-hydrogen) atoms. The number of benzene rings is 1. The zero-order valence-corrected chi connectivity index (χ0v) is 12.4. The number of hydrogen-bond acceptors (Lipinski definition) is 2. The number of hydrogen-bond donors (Lipinski definition) is 1. The van der Waals surface area contributed by atoms with Crippen molar-refractivity contribution < 1.29 is 9.84 Å². The van der Waals surface area contributed by atoms with Crippen LogP contribution in [0.25, 0.3) is 0 Å². The van der Waals surface area contributed by atoms with Crippen LogP contribution in [0, 0.1) is 5.41 Å². The van der Waals surface area contributed by atoms with Gasteiger partial charge in [-0.3, -0.25) is 0 Å². The van der Waals surface area contributed by atoms with Gasteiger partial charge in [0.1, 0.15) is 12.4 Å². The van der Waals surface area contributed by atoms with E-state index in [0.717, 1.165) is 5.75 Å². The van der Waals surface area contributed by atoms with E-state index in [9.17, 15) is 5.11 Å². The van der Waals surface area contributed by atoms with Gasteiger partial charge >= 0.3 is 0 Å². The van der Waals surface area contributed by atoms with Gasteiger partial charge in [-0.05, 0) is 22.5 Å². The van der Waals surface area contributed by atoms with Gasteiger partial charge in [-0.15, -0.1) is 0 Å². The highest BCUT2D eigenvalue weighted by Crippen LogP contribution is 2.31. The second-order valence-electron chi connectivity index (χ2n) is 6.94. The number of rotatable bonds is 3. The van der Waals surface area contributed by atoms with Crippen LogP contribution in [0.3, 0.4) is 0 Å². The lowest BCUT2D eigenvalue weighted by molar-refractivity contribution is 0.0213. The largest absolute Gasteiger partial charge is 0.491 e. The minimum atomic E-state index is -0.467. The summed E-state index contributed by atoms with van der Waals surface area (Å²) in [6.07, 6.45) is -0.467. The van der Waals surface area contributed by atoms with Crippen molar-refractivity contribution in [2.24, 2.45) is 5.41 Å². The average molecular weight is 250 g/mol. The summed E-state index contributed by atoms with van der Waals surface area (Å²) in [6, 6.07) is 8.04. The van der Waals surface area contributed by atoms with E-state index in [0.29, 0.717) is 6.61 Å². The first-order chi connectivity index (χ1) is 8.12. The Labute approximate surface area is 111 Å². The Bertz CT molecular complexity index is 383. The van der Waals surface area contributed by atoms with Crippen molar-refractivity contribution in [3.05, 3.63) is 29.8 Å². The third-order valence-electron chi connectivity index (χ3n) is 3.09. The number of aliphatic hydroxyl groups is 1. The Balaban J connectivity index is 2.80. The maximum atomic E-state index is 10.0. The van der Waals surface area contributed by atoms with E-state index in [2.05, 4.69) is 26.8 Å². The fraction of sp³-hybridized carbons (Fsp3) is 0.625. The van der Waals surface area contributed by atoms with E-state index >= 15 is 0 Å². The maximum Gasteiger partial charge on any atom is 0.123 e. The van der Waals surface area contributed by atoms with Crippen molar-refractivity contribution >= 4 is 0 Å². The van der Waals surface area contributed by atoms with E-state index < -0.39 is 6.10 Å². The quantitative estimate of drug-likeness (QED) is 0.885. The summed E-state index contributed by atoms with van der Waals surface area (Å²) < 4.78 is 5.80. The van der Waals surface area contributed by atoms with E-state index in [1.54, 1.807) is 0 Å². The highest BCUT2D eigenvalue weighted by atomic mass is 16.5. The van der Waals surface area contributed by atoms with Crippen LogP contribution in [-0.2, 0) is 5.41 Å². The Hall–Kier alpha value is -1.02. The zero-order valence-electron chi connectivity index (χ0n) is 12.4. The van der Waals surface area contributed by atoms with Crippen LogP contribution in [0.4, 0.5) is 0 Å². The summed E-state index contributed by atoms with van der Waals surface area (Å²) in [4.78, 5) is 0. The lowest BCUT2D eigenvalue weighted by atomic mass is 9.86. The summed E-state index contributed by atoms with van der Waals surface area (Å²) in [5.41, 5.74) is 1.06. The van der Waals surface area contributed by atoms with Crippen LogP contribution in [0.15, 0.2) is 24.3 Å². The van der Waals surface area contributed by atoms with Crippen molar-refractivity contribution in [3.63, 3.8) is 0 Å². The molecule has 0 aromatic heterocycles. The molecule has 0 radical (unpaired) electrons. The van der Waals surface area contributed by atoms with Gasteiger partial charge < -0.3 is 9.84 Å². The van der Waals surface area contributed by atoms with Crippen molar-refractivity contribution in [1.82, 2.24) is 0 Å². The lowest BCUT2D eigenvalue weighted by Gasteiger charge is -2.28. The van der Waals surface area contributed by atoms with Crippen molar-refractivity contribution in [1.29, 1.82) is 0 Å². The van der Waals surface area contributed by atoms with Gasteiger partial charge in [0.15, 0.2) is 0 Å². The fourth-order valence-electron chi connectivity index (χ4n) is 1.63. The summed E-state index contributed by atoms with van der Waals surface area (Å²) in [5.74, 6) is 0.869. The standard InChI is InChI=1S/C16H26O2/c1-15(2,3)12-9-7-8-10-13(12)18-11-14(17)16(4,5)6/h7-10,14,17H,11H2,1-6H3. The second kappa shape index (κ2) is 5.31. The highest BCUT2D eigenvalue weighted by Gasteiger charge is 2.24. The molecule has 0 aliphatic rings. The predicted octanol–water partition coefficient (Wildman–Crippen LogP) is 3.77. The van der Waals surface area contributed by atoms with Gasteiger partial charge in [0.25, 0.3) is 0 Å². The molecular formula is C16H26O2. The topological polar surface area (TPSA) is 29.5 Å². The van der Waals surface area contributed by atoms with E-state index in [4.69, 9.17) is 4.74 Å². The van der Waals surface area contributed by atoms with E-state index in [-0.39, 0.29) is 10.8 Å².